The number of thiazole rings is 1. The molecule has 0 bridgehead atoms. The first-order valence-corrected chi connectivity index (χ1v) is 10.4. The molecular weight excluding hydrogens is 400 g/mol. The molecule has 0 saturated carbocycles. The van der Waals surface area contributed by atoms with E-state index in [-0.39, 0.29) is 12.0 Å². The fourth-order valence-electron chi connectivity index (χ4n) is 2.89. The molecule has 8 heteroatoms. The second-order valence-corrected chi connectivity index (χ2v) is 9.34. The van der Waals surface area contributed by atoms with Crippen LogP contribution in [0.4, 0.5) is 4.79 Å². The zero-order valence-electron chi connectivity index (χ0n) is 16.2. The molecule has 2 heterocycles. The van der Waals surface area contributed by atoms with Gasteiger partial charge >= 0.3 is 6.09 Å². The number of carbonyl (C=O) groups excluding carboxylic acids is 1. The summed E-state index contributed by atoms with van der Waals surface area (Å²) in [7, 11) is 0. The van der Waals surface area contributed by atoms with Gasteiger partial charge in [-0.05, 0) is 51.5 Å². The molecule has 1 N–H and O–H groups in total. The number of hydrogen-bond acceptors (Lipinski definition) is 6. The maximum atomic E-state index is 12.1. The average Bonchev–Trinajstić information content (AvgIpc) is 3.06. The number of hydrogen-bond donors (Lipinski definition) is 1. The van der Waals surface area contributed by atoms with Gasteiger partial charge in [-0.3, -0.25) is 0 Å². The normalized spacial score (nSPS) is 19.9. The van der Waals surface area contributed by atoms with Crippen LogP contribution in [0.1, 0.15) is 27.2 Å². The summed E-state index contributed by atoms with van der Waals surface area (Å²) in [5, 5.41) is 3.83. The predicted molar refractivity (Wildman–Crippen MR) is 110 cm³/mol. The van der Waals surface area contributed by atoms with E-state index < -0.39 is 11.7 Å². The number of alkyl carbamates (subject to hydrolysis) is 1. The minimum atomic E-state index is -0.523. The highest BCUT2D eigenvalue weighted by atomic mass is 35.5. The number of carbonyl (C=O) groups is 1. The van der Waals surface area contributed by atoms with Gasteiger partial charge in [0.05, 0.1) is 19.4 Å². The van der Waals surface area contributed by atoms with Crippen molar-refractivity contribution in [3.8, 4) is 16.3 Å². The topological polar surface area (TPSA) is 69.7 Å². The lowest BCUT2D eigenvalue weighted by atomic mass is 9.97. The molecule has 0 radical (unpaired) electrons. The van der Waals surface area contributed by atoms with Crippen molar-refractivity contribution in [2.24, 2.45) is 5.92 Å². The summed E-state index contributed by atoms with van der Waals surface area (Å²) >= 11 is 7.38. The molecule has 2 atom stereocenters. The summed E-state index contributed by atoms with van der Waals surface area (Å²) in [5.74, 6) is 0.812. The molecule has 0 spiro atoms. The van der Waals surface area contributed by atoms with Crippen LogP contribution in [-0.2, 0) is 9.47 Å². The van der Waals surface area contributed by atoms with E-state index in [1.165, 1.54) is 11.3 Å². The fourth-order valence-corrected chi connectivity index (χ4v) is 3.81. The lowest BCUT2D eigenvalue weighted by Gasteiger charge is -2.32. The van der Waals surface area contributed by atoms with E-state index in [4.69, 9.17) is 25.8 Å². The van der Waals surface area contributed by atoms with Crippen LogP contribution in [0.2, 0.25) is 4.34 Å². The van der Waals surface area contributed by atoms with Crippen LogP contribution in [-0.4, -0.2) is 42.5 Å². The van der Waals surface area contributed by atoms with Crippen molar-refractivity contribution in [1.82, 2.24) is 10.3 Å². The van der Waals surface area contributed by atoms with Gasteiger partial charge in [0, 0.05) is 24.1 Å². The third-order valence-corrected chi connectivity index (χ3v) is 5.38. The third-order valence-electron chi connectivity index (χ3n) is 4.22. The summed E-state index contributed by atoms with van der Waals surface area (Å²) in [4.78, 5) is 16.4. The smallest absolute Gasteiger partial charge is 0.407 e. The van der Waals surface area contributed by atoms with Crippen LogP contribution < -0.4 is 10.1 Å². The van der Waals surface area contributed by atoms with Crippen LogP contribution in [0.25, 0.3) is 10.6 Å². The molecule has 1 saturated heterocycles. The van der Waals surface area contributed by atoms with Crippen molar-refractivity contribution < 1.29 is 19.0 Å². The molecule has 1 aromatic carbocycles. The highest BCUT2D eigenvalue weighted by Gasteiger charge is 2.29. The Hall–Kier alpha value is -1.83. The first-order chi connectivity index (χ1) is 13.3. The van der Waals surface area contributed by atoms with E-state index in [0.717, 1.165) is 22.7 Å². The predicted octanol–water partition coefficient (Wildman–Crippen LogP) is 4.77. The average molecular weight is 425 g/mol. The van der Waals surface area contributed by atoms with E-state index in [1.807, 2.05) is 45.0 Å². The van der Waals surface area contributed by atoms with E-state index in [0.29, 0.717) is 24.2 Å². The maximum Gasteiger partial charge on any atom is 0.407 e. The van der Waals surface area contributed by atoms with E-state index >= 15 is 0 Å². The zero-order chi connectivity index (χ0) is 20.1. The number of benzene rings is 1. The van der Waals surface area contributed by atoms with Gasteiger partial charge in [-0.2, -0.15) is 0 Å². The van der Waals surface area contributed by atoms with E-state index in [1.54, 1.807) is 6.20 Å². The molecule has 3 rings (SSSR count). The van der Waals surface area contributed by atoms with Crippen LogP contribution in [0.5, 0.6) is 5.75 Å². The summed E-state index contributed by atoms with van der Waals surface area (Å²) in [6.07, 6.45) is 1.97. The molecule has 1 aliphatic rings. The monoisotopic (exact) mass is 424 g/mol. The number of ether oxygens (including phenoxy) is 3. The fraction of sp³-hybridized carbons (Fsp3) is 0.500. The number of amides is 1. The van der Waals surface area contributed by atoms with Crippen molar-refractivity contribution in [3.05, 3.63) is 34.8 Å². The second kappa shape index (κ2) is 9.11. The van der Waals surface area contributed by atoms with Gasteiger partial charge in [0.2, 0.25) is 0 Å². The van der Waals surface area contributed by atoms with Gasteiger partial charge in [0.15, 0.2) is 0 Å². The lowest BCUT2D eigenvalue weighted by Crippen LogP contribution is -2.48. The minimum absolute atomic E-state index is 0.0414. The van der Waals surface area contributed by atoms with Gasteiger partial charge in [-0.15, -0.1) is 11.3 Å². The molecule has 1 fully saturated rings. The van der Waals surface area contributed by atoms with Gasteiger partial charge in [-0.1, -0.05) is 11.6 Å². The van der Waals surface area contributed by atoms with Gasteiger partial charge in [0.1, 0.15) is 20.7 Å². The van der Waals surface area contributed by atoms with Crippen LogP contribution in [0.3, 0.4) is 0 Å². The third kappa shape index (κ3) is 6.09. The molecular formula is C20H25ClN2O4S. The first-order valence-electron chi connectivity index (χ1n) is 9.22. The number of halogens is 1. The highest BCUT2D eigenvalue weighted by Crippen LogP contribution is 2.29. The van der Waals surface area contributed by atoms with Gasteiger partial charge in [-0.25, -0.2) is 9.78 Å². The number of nitrogens with one attached hydrogen (secondary N) is 1. The summed E-state index contributed by atoms with van der Waals surface area (Å²) in [6.45, 7) is 7.14. The lowest BCUT2D eigenvalue weighted by molar-refractivity contribution is 0.00439. The Balaban J connectivity index is 1.55. The molecule has 152 valence electrons. The van der Waals surface area contributed by atoms with Crippen molar-refractivity contribution in [3.63, 3.8) is 0 Å². The Morgan fingerprint density at radius 3 is 2.75 bits per heavy atom. The van der Waals surface area contributed by atoms with Crippen molar-refractivity contribution >= 4 is 29.0 Å². The van der Waals surface area contributed by atoms with Crippen LogP contribution >= 0.6 is 22.9 Å². The van der Waals surface area contributed by atoms with Gasteiger partial charge < -0.3 is 19.5 Å². The molecule has 6 nitrogen and oxygen atoms in total. The molecule has 0 unspecified atom stereocenters. The second-order valence-electron chi connectivity index (χ2n) is 7.68. The Morgan fingerprint density at radius 2 is 2.11 bits per heavy atom. The van der Waals surface area contributed by atoms with Crippen molar-refractivity contribution in [2.75, 3.05) is 19.8 Å². The molecule has 1 aromatic heterocycles. The Morgan fingerprint density at radius 1 is 1.36 bits per heavy atom. The molecule has 28 heavy (non-hydrogen) atoms. The van der Waals surface area contributed by atoms with Crippen molar-refractivity contribution in [2.45, 2.75) is 38.8 Å². The molecule has 0 aliphatic carbocycles. The Labute approximate surface area is 174 Å². The summed E-state index contributed by atoms with van der Waals surface area (Å²) in [5.41, 5.74) is 0.472. The zero-order valence-corrected chi connectivity index (χ0v) is 17.8. The SMILES string of the molecule is CC(C)(C)OC(=O)N[C@H]1CCOC[C@@H]1COc1ccc(-c2ncc(Cl)s2)cc1. The number of nitrogens with zero attached hydrogens (tertiary/aromatic N) is 1. The Bertz CT molecular complexity index is 788. The highest BCUT2D eigenvalue weighted by molar-refractivity contribution is 7.18. The molecule has 1 aliphatic heterocycles. The van der Waals surface area contributed by atoms with Crippen LogP contribution in [0.15, 0.2) is 30.5 Å². The maximum absolute atomic E-state index is 12.1. The number of aromatic nitrogens is 1. The van der Waals surface area contributed by atoms with Gasteiger partial charge in [0.25, 0.3) is 0 Å². The largest absolute Gasteiger partial charge is 0.493 e. The molecule has 2 aromatic rings. The summed E-state index contributed by atoms with van der Waals surface area (Å²) in [6, 6.07) is 7.69. The minimum Gasteiger partial charge on any atom is -0.493 e. The number of rotatable bonds is 5. The summed E-state index contributed by atoms with van der Waals surface area (Å²) < 4.78 is 17.5. The van der Waals surface area contributed by atoms with Crippen molar-refractivity contribution in [1.29, 1.82) is 0 Å². The van der Waals surface area contributed by atoms with E-state index in [9.17, 15) is 4.79 Å². The molecule has 1 amide bonds. The van der Waals surface area contributed by atoms with E-state index in [2.05, 4.69) is 10.3 Å². The standard InChI is InChI=1S/C20H25ClN2O4S/c1-20(2,3)27-19(24)23-16-8-9-25-11-14(16)12-26-15-6-4-13(5-7-15)18-22-10-17(21)28-18/h4-7,10,14,16H,8-9,11-12H2,1-3H3,(H,23,24)/t14-,16+/m1/s1. The van der Waals surface area contributed by atoms with Crippen LogP contribution in [0, 0.1) is 5.92 Å². The Kier molecular flexibility index (Phi) is 6.80. The first kappa shape index (κ1) is 20.9. The quantitative estimate of drug-likeness (QED) is 0.748.